The molecule has 0 aliphatic carbocycles. The van der Waals surface area contributed by atoms with Gasteiger partial charge in [0, 0.05) is 12.8 Å². The van der Waals surface area contributed by atoms with Crippen molar-refractivity contribution < 1.29 is 77.3 Å². The first kappa shape index (κ1) is 55.8. The first-order valence-corrected chi connectivity index (χ1v) is 23.1. The van der Waals surface area contributed by atoms with E-state index in [1.165, 1.54) is 109 Å². The Kier molecular flexibility index (Phi) is 43.7. The zero-order valence-corrected chi connectivity index (χ0v) is 37.9. The van der Waals surface area contributed by atoms with E-state index in [4.69, 9.17) is 19.1 Å². The number of esters is 2. The summed E-state index contributed by atoms with van der Waals surface area (Å²) in [7, 11) is -4.86. The van der Waals surface area contributed by atoms with Crippen LogP contribution in [0.15, 0.2) is 12.2 Å². The minimum Gasteiger partial charge on any atom is -0.756 e. The van der Waals surface area contributed by atoms with Crippen LogP contribution in [0.5, 0.6) is 0 Å². The Morgan fingerprint density at radius 3 is 1.37 bits per heavy atom. The molecule has 0 saturated carbocycles. The van der Waals surface area contributed by atoms with Crippen LogP contribution >= 0.6 is 7.82 Å². The van der Waals surface area contributed by atoms with E-state index < -0.39 is 51.8 Å². The molecule has 0 radical (unpaired) electrons. The molecule has 0 bridgehead atoms. The van der Waals surface area contributed by atoms with Crippen molar-refractivity contribution in [3.8, 4) is 0 Å². The van der Waals surface area contributed by atoms with Crippen LogP contribution in [0.4, 0.5) is 0 Å². The molecular formula is C42H80NaO10P. The maximum Gasteiger partial charge on any atom is 1.00 e. The van der Waals surface area contributed by atoms with Gasteiger partial charge in [-0.25, -0.2) is 0 Å². The Morgan fingerprint density at radius 1 is 0.574 bits per heavy atom. The standard InChI is InChI=1S/C42H81O10P.Na/c1-3-5-7-9-11-13-15-17-19-21-23-25-27-29-31-33-41(45)49-37-40(38-51-53(47,48)50-36-39(44)35-43)52-42(46)34-32-30-28-26-24-22-20-18-16-14-12-10-8-6-4-2;/h18,20,39-40,43-44H,3-17,19,21-38H2,1-2H3,(H,47,48);/q;+1/p-1/b20-18+;. The quantitative estimate of drug-likeness (QED) is 0.0208. The fourth-order valence-corrected chi connectivity index (χ4v) is 6.82. The van der Waals surface area contributed by atoms with Crippen LogP contribution in [0, 0.1) is 0 Å². The normalized spacial score (nSPS) is 13.7. The number of unbranched alkanes of at least 4 members (excludes halogenated alkanes) is 25. The second-order valence-corrected chi connectivity index (χ2v) is 16.1. The van der Waals surface area contributed by atoms with Gasteiger partial charge in [0.1, 0.15) is 12.7 Å². The predicted octanol–water partition coefficient (Wildman–Crippen LogP) is 7.60. The Bertz CT molecular complexity index is 906. The molecule has 0 aromatic heterocycles. The number of aliphatic hydroxyl groups excluding tert-OH is 2. The van der Waals surface area contributed by atoms with E-state index in [1.807, 2.05) is 0 Å². The molecule has 0 aromatic rings. The maximum absolute atomic E-state index is 12.6. The summed E-state index contributed by atoms with van der Waals surface area (Å²) in [5, 5.41) is 18.3. The van der Waals surface area contributed by atoms with Crippen molar-refractivity contribution in [2.24, 2.45) is 0 Å². The number of phosphoric ester groups is 1. The number of aliphatic hydroxyl groups is 2. The van der Waals surface area contributed by atoms with E-state index in [0.717, 1.165) is 57.8 Å². The molecule has 0 aromatic carbocycles. The molecule has 3 unspecified atom stereocenters. The van der Waals surface area contributed by atoms with E-state index in [-0.39, 0.29) is 49.0 Å². The Hall–Kier alpha value is -0.290. The van der Waals surface area contributed by atoms with Crippen LogP contribution < -0.4 is 34.5 Å². The van der Waals surface area contributed by atoms with Crippen molar-refractivity contribution in [1.82, 2.24) is 0 Å². The molecule has 314 valence electrons. The number of hydrogen-bond donors (Lipinski definition) is 2. The van der Waals surface area contributed by atoms with Gasteiger partial charge in [0.15, 0.2) is 6.10 Å². The Balaban J connectivity index is 0. The van der Waals surface area contributed by atoms with E-state index in [0.29, 0.717) is 12.8 Å². The number of rotatable bonds is 41. The van der Waals surface area contributed by atoms with Crippen LogP contribution in [0.25, 0.3) is 0 Å². The van der Waals surface area contributed by atoms with Crippen LogP contribution in [-0.2, 0) is 32.7 Å². The third kappa shape index (κ3) is 41.3. The molecule has 0 spiro atoms. The third-order valence-electron chi connectivity index (χ3n) is 9.41. The largest absolute Gasteiger partial charge is 1.00 e. The Morgan fingerprint density at radius 2 is 0.944 bits per heavy atom. The molecule has 0 fully saturated rings. The molecule has 0 amide bonds. The van der Waals surface area contributed by atoms with Gasteiger partial charge in [0.25, 0.3) is 7.82 Å². The van der Waals surface area contributed by atoms with Crippen molar-refractivity contribution in [2.75, 3.05) is 26.4 Å². The minimum atomic E-state index is -4.86. The summed E-state index contributed by atoms with van der Waals surface area (Å²) < 4.78 is 32.3. The molecule has 12 heteroatoms. The summed E-state index contributed by atoms with van der Waals surface area (Å²) in [5.41, 5.74) is 0. The topological polar surface area (TPSA) is 152 Å². The third-order valence-corrected chi connectivity index (χ3v) is 10.3. The van der Waals surface area contributed by atoms with Gasteiger partial charge in [-0.3, -0.25) is 14.2 Å². The van der Waals surface area contributed by atoms with E-state index in [9.17, 15) is 24.2 Å². The fourth-order valence-electron chi connectivity index (χ4n) is 6.04. The second-order valence-electron chi connectivity index (χ2n) is 14.7. The van der Waals surface area contributed by atoms with Crippen LogP contribution in [0.1, 0.15) is 206 Å². The number of ether oxygens (including phenoxy) is 2. The van der Waals surface area contributed by atoms with E-state index in [2.05, 4.69) is 30.5 Å². The number of carbonyl (C=O) groups excluding carboxylic acids is 2. The number of allylic oxidation sites excluding steroid dienone is 2. The first-order valence-electron chi connectivity index (χ1n) is 21.6. The van der Waals surface area contributed by atoms with E-state index in [1.54, 1.807) is 0 Å². The smallest absolute Gasteiger partial charge is 0.756 e. The average Bonchev–Trinajstić information content (AvgIpc) is 3.14. The molecule has 0 saturated heterocycles. The molecule has 0 aliphatic rings. The van der Waals surface area contributed by atoms with Crippen LogP contribution in [-0.4, -0.2) is 60.8 Å². The zero-order chi connectivity index (χ0) is 39.1. The minimum absolute atomic E-state index is 0. The van der Waals surface area contributed by atoms with Crippen LogP contribution in [0.3, 0.4) is 0 Å². The summed E-state index contributed by atoms with van der Waals surface area (Å²) >= 11 is 0. The van der Waals surface area contributed by atoms with Crippen molar-refractivity contribution in [3.63, 3.8) is 0 Å². The van der Waals surface area contributed by atoms with Gasteiger partial charge in [-0.15, -0.1) is 0 Å². The molecule has 0 aliphatic heterocycles. The van der Waals surface area contributed by atoms with Gasteiger partial charge in [-0.1, -0.05) is 167 Å². The molecule has 3 atom stereocenters. The van der Waals surface area contributed by atoms with Gasteiger partial charge in [0.2, 0.25) is 0 Å². The molecule has 0 heterocycles. The van der Waals surface area contributed by atoms with Gasteiger partial charge in [0.05, 0.1) is 19.8 Å². The summed E-state index contributed by atoms with van der Waals surface area (Å²) in [6, 6.07) is 0. The summed E-state index contributed by atoms with van der Waals surface area (Å²) in [5.74, 6) is -0.961. The fraction of sp³-hybridized carbons (Fsp3) is 0.905. The predicted molar refractivity (Wildman–Crippen MR) is 212 cm³/mol. The summed E-state index contributed by atoms with van der Waals surface area (Å²) in [4.78, 5) is 37.1. The van der Waals surface area contributed by atoms with Gasteiger partial charge in [-0.05, 0) is 38.5 Å². The monoisotopic (exact) mass is 799 g/mol. The molecular weight excluding hydrogens is 718 g/mol. The van der Waals surface area contributed by atoms with Crippen LogP contribution in [0.2, 0.25) is 0 Å². The Labute approximate surface area is 352 Å². The van der Waals surface area contributed by atoms with Crippen molar-refractivity contribution in [2.45, 2.75) is 219 Å². The maximum atomic E-state index is 12.6. The molecule has 54 heavy (non-hydrogen) atoms. The first-order chi connectivity index (χ1) is 25.7. The zero-order valence-electron chi connectivity index (χ0n) is 35.0. The molecule has 0 rings (SSSR count). The average molecular weight is 799 g/mol. The molecule has 2 N–H and O–H groups in total. The number of carbonyl (C=O) groups is 2. The SMILES string of the molecule is CCCCCCCC/C=C/CCCCCCCC(=O)OC(COC(=O)CCCCCCCCCCCCCCCCC)COP(=O)([O-])OCC(O)CO.[Na+]. The molecule has 10 nitrogen and oxygen atoms in total. The second kappa shape index (κ2) is 42.3. The van der Waals surface area contributed by atoms with Crippen molar-refractivity contribution in [1.29, 1.82) is 0 Å². The summed E-state index contributed by atoms with van der Waals surface area (Å²) in [6.45, 7) is 2.20. The van der Waals surface area contributed by atoms with Gasteiger partial charge < -0.3 is 33.6 Å². The van der Waals surface area contributed by atoms with Crippen molar-refractivity contribution >= 4 is 19.8 Å². The van der Waals surface area contributed by atoms with Gasteiger partial charge in [-0.2, -0.15) is 0 Å². The number of phosphoric acid groups is 1. The summed E-state index contributed by atoms with van der Waals surface area (Å²) in [6.07, 6.45) is 35.8. The number of hydrogen-bond acceptors (Lipinski definition) is 10. The van der Waals surface area contributed by atoms with E-state index >= 15 is 0 Å². The van der Waals surface area contributed by atoms with Gasteiger partial charge >= 0.3 is 41.5 Å². The van der Waals surface area contributed by atoms with Crippen molar-refractivity contribution in [3.05, 3.63) is 12.2 Å².